The Labute approximate surface area is 107 Å². The van der Waals surface area contributed by atoms with Crippen molar-refractivity contribution in [1.29, 1.82) is 0 Å². The fraction of sp³-hybridized carbons (Fsp3) is 1.00. The van der Waals surface area contributed by atoms with Crippen LogP contribution < -0.4 is 10.6 Å². The molecular weight excluding hydrogens is 236 g/mol. The highest BCUT2D eigenvalue weighted by molar-refractivity contribution is 8.77. The molecule has 2 saturated heterocycles. The van der Waals surface area contributed by atoms with Crippen LogP contribution in [0.25, 0.3) is 0 Å². The molecule has 0 bridgehead atoms. The molecule has 0 atom stereocenters. The molecule has 0 aromatic carbocycles. The molecule has 0 unspecified atom stereocenters. The average Bonchev–Trinajstić information content (AvgIpc) is 2.29. The van der Waals surface area contributed by atoms with Gasteiger partial charge in [-0.1, -0.05) is 21.6 Å². The zero-order chi connectivity index (χ0) is 11.5. The summed E-state index contributed by atoms with van der Waals surface area (Å²) in [5.41, 5.74) is 0. The summed E-state index contributed by atoms with van der Waals surface area (Å²) in [6.45, 7) is 9.67. The van der Waals surface area contributed by atoms with Crippen LogP contribution in [-0.4, -0.2) is 35.7 Å². The molecule has 2 aliphatic heterocycles. The van der Waals surface area contributed by atoms with Gasteiger partial charge in [0.2, 0.25) is 0 Å². The van der Waals surface area contributed by atoms with E-state index in [1.165, 1.54) is 51.9 Å². The Bertz CT molecular complexity index is 197. The van der Waals surface area contributed by atoms with Gasteiger partial charge in [0.05, 0.1) is 0 Å². The number of hydrogen-bond donors (Lipinski definition) is 2. The lowest BCUT2D eigenvalue weighted by atomic mass is 10.00. The normalized spacial score (nSPS) is 28.9. The highest BCUT2D eigenvalue weighted by Gasteiger charge is 2.33. The first-order chi connectivity index (χ1) is 7.62. The summed E-state index contributed by atoms with van der Waals surface area (Å²) < 4.78 is 1.01. The van der Waals surface area contributed by atoms with Crippen molar-refractivity contribution in [2.45, 2.75) is 49.0 Å². The van der Waals surface area contributed by atoms with Crippen LogP contribution in [-0.2, 0) is 0 Å². The second-order valence-corrected chi connectivity index (χ2v) is 8.87. The lowest BCUT2D eigenvalue weighted by molar-refractivity contribution is 0.436. The van der Waals surface area contributed by atoms with E-state index in [2.05, 4.69) is 46.1 Å². The second-order valence-electron chi connectivity index (χ2n) is 5.57. The quantitative estimate of drug-likeness (QED) is 0.762. The Hall–Kier alpha value is 0.620. The van der Waals surface area contributed by atoms with Crippen molar-refractivity contribution in [2.24, 2.45) is 0 Å². The minimum Gasteiger partial charge on any atom is -0.317 e. The molecule has 2 rings (SSSR count). The smallest absolute Gasteiger partial charge is 0.0259 e. The lowest BCUT2D eigenvalue weighted by Gasteiger charge is -2.38. The van der Waals surface area contributed by atoms with Gasteiger partial charge in [0, 0.05) is 9.49 Å². The third-order valence-electron chi connectivity index (χ3n) is 3.77. The van der Waals surface area contributed by atoms with Crippen molar-refractivity contribution in [3.63, 3.8) is 0 Å². The van der Waals surface area contributed by atoms with Crippen LogP contribution in [0.3, 0.4) is 0 Å². The monoisotopic (exact) mass is 260 g/mol. The summed E-state index contributed by atoms with van der Waals surface area (Å²) >= 11 is 0. The van der Waals surface area contributed by atoms with E-state index in [1.54, 1.807) is 0 Å². The SMILES string of the molecule is CC1(SSC2(C)CCNCC2)CCNCC1. The van der Waals surface area contributed by atoms with E-state index in [0.29, 0.717) is 9.49 Å². The molecule has 0 aliphatic carbocycles. The first-order valence-corrected chi connectivity index (χ1v) is 8.55. The van der Waals surface area contributed by atoms with E-state index in [0.717, 1.165) is 0 Å². The van der Waals surface area contributed by atoms with Gasteiger partial charge in [0.25, 0.3) is 0 Å². The third kappa shape index (κ3) is 3.56. The number of nitrogens with one attached hydrogen (secondary N) is 2. The summed E-state index contributed by atoms with van der Waals surface area (Å²) in [6, 6.07) is 0. The predicted octanol–water partition coefficient (Wildman–Crippen LogP) is 2.65. The van der Waals surface area contributed by atoms with Crippen LogP contribution in [0, 0.1) is 0 Å². The van der Waals surface area contributed by atoms with Crippen LogP contribution >= 0.6 is 21.6 Å². The summed E-state index contributed by atoms with van der Waals surface area (Å²) in [5.74, 6) is 0. The van der Waals surface area contributed by atoms with E-state index < -0.39 is 0 Å². The van der Waals surface area contributed by atoms with Crippen molar-refractivity contribution in [3.05, 3.63) is 0 Å². The van der Waals surface area contributed by atoms with Crippen LogP contribution in [0.4, 0.5) is 0 Å². The molecule has 2 heterocycles. The van der Waals surface area contributed by atoms with E-state index in [9.17, 15) is 0 Å². The van der Waals surface area contributed by atoms with Crippen molar-refractivity contribution in [3.8, 4) is 0 Å². The molecule has 2 nitrogen and oxygen atoms in total. The van der Waals surface area contributed by atoms with Crippen LogP contribution in [0.5, 0.6) is 0 Å². The van der Waals surface area contributed by atoms with Gasteiger partial charge in [-0.05, 0) is 65.7 Å². The predicted molar refractivity (Wildman–Crippen MR) is 76.2 cm³/mol. The summed E-state index contributed by atoms with van der Waals surface area (Å²) in [6.07, 6.45) is 5.27. The van der Waals surface area contributed by atoms with Gasteiger partial charge in [0.1, 0.15) is 0 Å². The lowest BCUT2D eigenvalue weighted by Crippen LogP contribution is -2.39. The second kappa shape index (κ2) is 5.51. The first-order valence-electron chi connectivity index (χ1n) is 6.40. The Morgan fingerprint density at radius 2 is 1.00 bits per heavy atom. The van der Waals surface area contributed by atoms with Crippen LogP contribution in [0.2, 0.25) is 0 Å². The zero-order valence-electron chi connectivity index (χ0n) is 10.5. The van der Waals surface area contributed by atoms with Crippen LogP contribution in [0.15, 0.2) is 0 Å². The standard InChI is InChI=1S/C12H24N2S2/c1-11(3-7-13-8-4-11)15-16-12(2)5-9-14-10-6-12/h13-14H,3-10H2,1-2H3. The summed E-state index contributed by atoms with van der Waals surface area (Å²) in [7, 11) is 4.31. The maximum Gasteiger partial charge on any atom is 0.0259 e. The Morgan fingerprint density at radius 1 is 0.688 bits per heavy atom. The molecule has 0 spiro atoms. The zero-order valence-corrected chi connectivity index (χ0v) is 12.1. The summed E-state index contributed by atoms with van der Waals surface area (Å²) in [4.78, 5) is 0. The maximum atomic E-state index is 3.45. The third-order valence-corrected chi connectivity index (χ3v) is 8.14. The van der Waals surface area contributed by atoms with Crippen molar-refractivity contribution in [1.82, 2.24) is 10.6 Å². The molecule has 0 aromatic heterocycles. The van der Waals surface area contributed by atoms with E-state index >= 15 is 0 Å². The Morgan fingerprint density at radius 3 is 1.31 bits per heavy atom. The minimum atomic E-state index is 0.504. The van der Waals surface area contributed by atoms with Gasteiger partial charge < -0.3 is 10.6 Å². The molecule has 0 radical (unpaired) electrons. The molecule has 16 heavy (non-hydrogen) atoms. The van der Waals surface area contributed by atoms with Crippen molar-refractivity contribution < 1.29 is 0 Å². The van der Waals surface area contributed by atoms with E-state index in [4.69, 9.17) is 0 Å². The number of hydrogen-bond acceptors (Lipinski definition) is 4. The molecule has 0 amide bonds. The topological polar surface area (TPSA) is 24.1 Å². The molecule has 0 aromatic rings. The van der Waals surface area contributed by atoms with Gasteiger partial charge >= 0.3 is 0 Å². The molecule has 94 valence electrons. The van der Waals surface area contributed by atoms with Crippen molar-refractivity contribution in [2.75, 3.05) is 26.2 Å². The molecule has 4 heteroatoms. The fourth-order valence-corrected chi connectivity index (χ4v) is 5.63. The maximum absolute atomic E-state index is 3.45. The molecule has 0 saturated carbocycles. The fourth-order valence-electron chi connectivity index (χ4n) is 2.28. The summed E-state index contributed by atoms with van der Waals surface area (Å²) in [5, 5.41) is 6.91. The van der Waals surface area contributed by atoms with Gasteiger partial charge in [-0.25, -0.2) is 0 Å². The Balaban J connectivity index is 1.80. The molecular formula is C12H24N2S2. The largest absolute Gasteiger partial charge is 0.317 e. The van der Waals surface area contributed by atoms with Crippen LogP contribution in [0.1, 0.15) is 39.5 Å². The average molecular weight is 260 g/mol. The van der Waals surface area contributed by atoms with E-state index in [-0.39, 0.29) is 0 Å². The Kier molecular flexibility index (Phi) is 4.50. The highest BCUT2D eigenvalue weighted by Crippen LogP contribution is 2.50. The molecule has 2 N–H and O–H groups in total. The minimum absolute atomic E-state index is 0.504. The molecule has 2 aliphatic rings. The van der Waals surface area contributed by atoms with Gasteiger partial charge in [-0.15, -0.1) is 0 Å². The van der Waals surface area contributed by atoms with E-state index in [1.807, 2.05) is 0 Å². The van der Waals surface area contributed by atoms with Gasteiger partial charge in [-0.2, -0.15) is 0 Å². The number of rotatable bonds is 3. The molecule has 2 fully saturated rings. The number of piperidine rings is 2. The van der Waals surface area contributed by atoms with Crippen molar-refractivity contribution >= 4 is 21.6 Å². The van der Waals surface area contributed by atoms with Gasteiger partial charge in [0.15, 0.2) is 0 Å². The first kappa shape index (κ1) is 13.1. The van der Waals surface area contributed by atoms with Gasteiger partial charge in [-0.3, -0.25) is 0 Å². The highest BCUT2D eigenvalue weighted by atomic mass is 33.1.